The highest BCUT2D eigenvalue weighted by Gasteiger charge is 2.28. The number of amides is 1. The summed E-state index contributed by atoms with van der Waals surface area (Å²) >= 11 is 0. The van der Waals surface area contributed by atoms with Crippen molar-refractivity contribution in [2.75, 3.05) is 40.9 Å². The summed E-state index contributed by atoms with van der Waals surface area (Å²) in [5.41, 5.74) is 0. The van der Waals surface area contributed by atoms with E-state index >= 15 is 0 Å². The fourth-order valence-electron chi connectivity index (χ4n) is 13.3. The van der Waals surface area contributed by atoms with Crippen molar-refractivity contribution in [3.8, 4) is 0 Å². The molecule has 0 bridgehead atoms. The molecule has 3 unspecified atom stereocenters. The van der Waals surface area contributed by atoms with Crippen LogP contribution in [-0.2, 0) is 18.4 Å². The van der Waals surface area contributed by atoms with Gasteiger partial charge in [0.15, 0.2) is 0 Å². The molecule has 0 saturated carbocycles. The molecule has 9 heteroatoms. The Morgan fingerprint density at radius 3 is 0.851 bits per heavy atom. The van der Waals surface area contributed by atoms with Crippen molar-refractivity contribution in [3.05, 3.63) is 36.5 Å². The van der Waals surface area contributed by atoms with Gasteiger partial charge in [0, 0.05) is 6.42 Å². The van der Waals surface area contributed by atoms with Gasteiger partial charge in [0.25, 0.3) is 0 Å². The molecule has 0 radical (unpaired) electrons. The lowest BCUT2D eigenvalue weighted by atomic mass is 10.0. The van der Waals surface area contributed by atoms with E-state index in [9.17, 15) is 19.4 Å². The molecule has 558 valence electrons. The molecule has 3 N–H and O–H groups in total. The molecule has 0 aromatic rings. The number of hydrogen-bond donors (Lipinski definition) is 3. The van der Waals surface area contributed by atoms with Crippen LogP contribution in [0.1, 0.15) is 450 Å². The number of nitrogens with one attached hydrogen (secondary N) is 1. The summed E-state index contributed by atoms with van der Waals surface area (Å²) in [6.45, 7) is 4.86. The third-order valence-electron chi connectivity index (χ3n) is 19.8. The first-order chi connectivity index (χ1) is 46.0. The Bertz CT molecular complexity index is 1630. The number of phosphoric ester groups is 1. The van der Waals surface area contributed by atoms with Gasteiger partial charge in [-0.25, -0.2) is 4.57 Å². The molecule has 0 saturated heterocycles. The number of phosphoric acid groups is 1. The maximum atomic E-state index is 13.1. The molecule has 0 aliphatic heterocycles. The van der Waals surface area contributed by atoms with Crippen molar-refractivity contribution >= 4 is 13.7 Å². The van der Waals surface area contributed by atoms with Crippen LogP contribution < -0.4 is 5.32 Å². The van der Waals surface area contributed by atoms with Crippen LogP contribution in [0.15, 0.2) is 36.5 Å². The maximum absolute atomic E-state index is 13.1. The first-order valence-corrected chi connectivity index (χ1v) is 43.9. The van der Waals surface area contributed by atoms with Crippen LogP contribution in [0.2, 0.25) is 0 Å². The average molecular weight is 1350 g/mol. The molecule has 0 aromatic carbocycles. The van der Waals surface area contributed by atoms with Gasteiger partial charge < -0.3 is 19.8 Å². The fourth-order valence-corrected chi connectivity index (χ4v) is 14.1. The second-order valence-electron chi connectivity index (χ2n) is 30.6. The van der Waals surface area contributed by atoms with Gasteiger partial charge in [0.05, 0.1) is 39.9 Å². The van der Waals surface area contributed by atoms with E-state index in [1.54, 1.807) is 6.08 Å². The van der Waals surface area contributed by atoms with Crippen molar-refractivity contribution in [1.82, 2.24) is 5.32 Å². The summed E-state index contributed by atoms with van der Waals surface area (Å²) in [5, 5.41) is 14.0. The normalized spacial score (nSPS) is 13.6. The summed E-state index contributed by atoms with van der Waals surface area (Å²) in [4.78, 5) is 23.5. The molecule has 1 amide bonds. The topological polar surface area (TPSA) is 105 Å². The van der Waals surface area contributed by atoms with Gasteiger partial charge in [0.2, 0.25) is 5.91 Å². The summed E-state index contributed by atoms with van der Waals surface area (Å²) in [6.07, 6.45) is 104. The highest BCUT2D eigenvalue weighted by Crippen LogP contribution is 2.43. The summed E-state index contributed by atoms with van der Waals surface area (Å²) < 4.78 is 23.9. The number of aliphatic hydroxyl groups is 1. The smallest absolute Gasteiger partial charge is 0.387 e. The minimum atomic E-state index is -4.37. The Morgan fingerprint density at radius 1 is 0.351 bits per heavy atom. The van der Waals surface area contributed by atoms with E-state index in [1.807, 2.05) is 27.2 Å². The van der Waals surface area contributed by atoms with Crippen LogP contribution in [0, 0.1) is 0 Å². The summed E-state index contributed by atoms with van der Waals surface area (Å²) in [6, 6.07) is -0.871. The Morgan fingerprint density at radius 2 is 0.585 bits per heavy atom. The molecule has 0 rings (SSSR count). The lowest BCUT2D eigenvalue weighted by molar-refractivity contribution is -0.870. The standard InChI is InChI=1S/C85H167N2O6P/c1-6-8-10-12-14-16-18-20-22-24-26-28-30-32-34-36-38-39-40-41-42-43-44-45-46-47-49-51-53-55-57-59-61-63-65-67-69-71-73-75-77-79-85(89)86-83(82-93-94(90,91)92-81-80-87(3,4)5)84(88)78-76-74-72-70-68-66-64-62-60-58-56-54-52-50-48-37-35-33-31-29-27-25-23-21-19-17-15-13-11-9-7-2/h60,62,68,70,76,78,83-84,88H,6-59,61,63-67,69,71-75,77,79-82H2,1-5H3,(H-,86,89,90,91)/p+1/b62-60+,70-68+,78-76+. The van der Waals surface area contributed by atoms with E-state index in [-0.39, 0.29) is 19.1 Å². The van der Waals surface area contributed by atoms with Gasteiger partial charge in [-0.15, -0.1) is 0 Å². The number of nitrogens with zero attached hydrogens (tertiary/aromatic N) is 1. The molecular weight excluding hydrogens is 1180 g/mol. The second-order valence-corrected chi connectivity index (χ2v) is 32.0. The quantitative estimate of drug-likeness (QED) is 0.0243. The van der Waals surface area contributed by atoms with Gasteiger partial charge in [0.1, 0.15) is 13.2 Å². The van der Waals surface area contributed by atoms with Crippen molar-refractivity contribution in [1.29, 1.82) is 0 Å². The molecule has 3 atom stereocenters. The van der Waals surface area contributed by atoms with Crippen LogP contribution in [0.25, 0.3) is 0 Å². The van der Waals surface area contributed by atoms with Crippen LogP contribution >= 0.6 is 7.82 Å². The number of quaternary nitrogens is 1. The van der Waals surface area contributed by atoms with Gasteiger partial charge >= 0.3 is 7.82 Å². The van der Waals surface area contributed by atoms with Crippen molar-refractivity contribution < 1.29 is 32.9 Å². The summed E-state index contributed by atoms with van der Waals surface area (Å²) in [7, 11) is 1.57. The number of carbonyl (C=O) groups excluding carboxylic acids is 1. The maximum Gasteiger partial charge on any atom is 0.472 e. The number of carbonyl (C=O) groups is 1. The zero-order valence-electron chi connectivity index (χ0n) is 64.2. The molecule has 94 heavy (non-hydrogen) atoms. The van der Waals surface area contributed by atoms with Crippen molar-refractivity contribution in [3.63, 3.8) is 0 Å². The minimum Gasteiger partial charge on any atom is -0.387 e. The van der Waals surface area contributed by atoms with Gasteiger partial charge in [-0.3, -0.25) is 13.8 Å². The molecule has 0 spiro atoms. The zero-order valence-corrected chi connectivity index (χ0v) is 65.1. The molecule has 0 fully saturated rings. The summed E-state index contributed by atoms with van der Waals surface area (Å²) in [5.74, 6) is -0.181. The Balaban J connectivity index is 3.93. The molecular formula is C85H168N2O6P+. The van der Waals surface area contributed by atoms with E-state index in [0.717, 1.165) is 44.9 Å². The van der Waals surface area contributed by atoms with Crippen molar-refractivity contribution in [2.24, 2.45) is 0 Å². The van der Waals surface area contributed by atoms with E-state index in [1.165, 1.54) is 385 Å². The third-order valence-corrected chi connectivity index (χ3v) is 20.8. The Kier molecular flexibility index (Phi) is 74.9. The molecule has 0 heterocycles. The largest absolute Gasteiger partial charge is 0.472 e. The van der Waals surface area contributed by atoms with Gasteiger partial charge in [-0.1, -0.05) is 436 Å². The van der Waals surface area contributed by atoms with Crippen LogP contribution in [0.4, 0.5) is 0 Å². The fraction of sp³-hybridized carbons (Fsp3) is 0.918. The number of likely N-dealkylation sites (N-methyl/N-ethyl adjacent to an activating group) is 1. The SMILES string of the molecule is CCCCCCCCCCCCCCCCCCCCCCC/C=C/CC/C=C/CC/C=C/C(O)C(COP(=O)(O)OCC[N+](C)(C)C)NC(=O)CCCCCCCCCCCCCCCCCCCCCCCCCCCCCCCCCCCCCCCCCCC. The molecule has 0 aromatic heterocycles. The monoisotopic (exact) mass is 1340 g/mol. The average Bonchev–Trinajstić information content (AvgIpc) is 1.27. The van der Waals surface area contributed by atoms with Crippen molar-refractivity contribution in [2.45, 2.75) is 463 Å². The molecule has 8 nitrogen and oxygen atoms in total. The third kappa shape index (κ3) is 78.1. The zero-order chi connectivity index (χ0) is 68.3. The predicted molar refractivity (Wildman–Crippen MR) is 415 cm³/mol. The highest BCUT2D eigenvalue weighted by atomic mass is 31.2. The predicted octanol–water partition coefficient (Wildman–Crippen LogP) is 27.9. The van der Waals surface area contributed by atoms with E-state index in [4.69, 9.17) is 9.05 Å². The number of allylic oxidation sites excluding steroid dienone is 5. The first-order valence-electron chi connectivity index (χ1n) is 42.4. The van der Waals surface area contributed by atoms with Gasteiger partial charge in [-0.05, 0) is 44.9 Å². The molecule has 0 aliphatic rings. The molecule has 0 aliphatic carbocycles. The number of aliphatic hydroxyl groups excluding tert-OH is 1. The highest BCUT2D eigenvalue weighted by molar-refractivity contribution is 7.47. The van der Waals surface area contributed by atoms with Crippen LogP contribution in [0.5, 0.6) is 0 Å². The lowest BCUT2D eigenvalue weighted by Crippen LogP contribution is -2.45. The Hall–Kier alpha value is -1.28. The minimum absolute atomic E-state index is 0.0556. The van der Waals surface area contributed by atoms with Crippen LogP contribution in [-0.4, -0.2) is 73.4 Å². The van der Waals surface area contributed by atoms with E-state index in [2.05, 4.69) is 43.5 Å². The number of rotatable bonds is 80. The van der Waals surface area contributed by atoms with E-state index in [0.29, 0.717) is 17.4 Å². The van der Waals surface area contributed by atoms with Gasteiger partial charge in [-0.2, -0.15) is 0 Å². The number of hydrogen-bond acceptors (Lipinski definition) is 5. The lowest BCUT2D eigenvalue weighted by Gasteiger charge is -2.25. The number of unbranched alkanes of at least 4 members (excludes halogenated alkanes) is 63. The van der Waals surface area contributed by atoms with E-state index < -0.39 is 20.0 Å². The first kappa shape index (κ1) is 92.7. The second kappa shape index (κ2) is 75.9. The van der Waals surface area contributed by atoms with Crippen LogP contribution in [0.3, 0.4) is 0 Å². The Labute approximate surface area is 588 Å².